The summed E-state index contributed by atoms with van der Waals surface area (Å²) in [4.78, 5) is 21.1. The van der Waals surface area contributed by atoms with Gasteiger partial charge in [-0.2, -0.15) is 0 Å². The molecule has 0 aromatic heterocycles. The minimum absolute atomic E-state index is 0.348. The maximum absolute atomic E-state index is 11.0. The Hall–Kier alpha value is -0.900. The van der Waals surface area contributed by atoms with Crippen molar-refractivity contribution in [2.45, 2.75) is 32.9 Å². The second-order valence-corrected chi connectivity index (χ2v) is 2.48. The molecule has 1 N–H and O–H groups in total. The molecule has 4 nitrogen and oxygen atoms in total. The van der Waals surface area contributed by atoms with E-state index in [2.05, 4.69) is 5.32 Å². The number of nitrogens with one attached hydrogen (secondary N) is 1. The van der Waals surface area contributed by atoms with Gasteiger partial charge in [0.1, 0.15) is 6.04 Å². The summed E-state index contributed by atoms with van der Waals surface area (Å²) >= 11 is 0. The number of ether oxygens (including phenoxy) is 1. The third-order valence-corrected chi connectivity index (χ3v) is 1.32. The average Bonchev–Trinajstić information content (AvgIpc) is 2.04. The molecule has 1 radical (unpaired) electrons. The van der Waals surface area contributed by atoms with E-state index in [1.54, 1.807) is 27.1 Å². The Balaban J connectivity index is 3.77. The first-order valence-electron chi connectivity index (χ1n) is 3.92. The van der Waals surface area contributed by atoms with Crippen molar-refractivity contribution in [2.24, 2.45) is 0 Å². The Morgan fingerprint density at radius 3 is 2.58 bits per heavy atom. The molecule has 0 aliphatic rings. The zero-order valence-corrected chi connectivity index (χ0v) is 7.59. The average molecular weight is 172 g/mol. The molecule has 0 aliphatic heterocycles. The molecule has 2 unspecified atom stereocenters. The highest BCUT2D eigenvalue weighted by molar-refractivity contribution is 5.76. The molecule has 0 spiro atoms. The van der Waals surface area contributed by atoms with Crippen LogP contribution in [0.1, 0.15) is 20.8 Å². The zero-order chi connectivity index (χ0) is 9.56. The van der Waals surface area contributed by atoms with Crippen LogP contribution in [0.2, 0.25) is 0 Å². The fourth-order valence-corrected chi connectivity index (χ4v) is 0.744. The fraction of sp³-hybridized carbons (Fsp3) is 0.750. The van der Waals surface area contributed by atoms with E-state index in [1.165, 1.54) is 0 Å². The van der Waals surface area contributed by atoms with Crippen LogP contribution in [-0.4, -0.2) is 30.9 Å². The molecule has 69 valence electrons. The van der Waals surface area contributed by atoms with Crippen LogP contribution >= 0.6 is 0 Å². The minimum atomic E-state index is -0.457. The van der Waals surface area contributed by atoms with Gasteiger partial charge >= 0.3 is 5.97 Å². The van der Waals surface area contributed by atoms with E-state index in [-0.39, 0.29) is 5.97 Å². The molecular formula is C8H14NO3. The lowest BCUT2D eigenvalue weighted by molar-refractivity contribution is -0.145. The van der Waals surface area contributed by atoms with Crippen LogP contribution in [-0.2, 0) is 14.3 Å². The Labute approximate surface area is 72.3 Å². The molecule has 0 saturated carbocycles. The number of rotatable bonds is 5. The van der Waals surface area contributed by atoms with Gasteiger partial charge in [-0.15, -0.1) is 0 Å². The molecule has 4 heteroatoms. The van der Waals surface area contributed by atoms with Gasteiger partial charge < -0.3 is 4.74 Å². The van der Waals surface area contributed by atoms with E-state index in [0.29, 0.717) is 6.61 Å². The van der Waals surface area contributed by atoms with Crippen molar-refractivity contribution in [3.8, 4) is 0 Å². The smallest absolute Gasteiger partial charge is 0.322 e. The highest BCUT2D eigenvalue weighted by atomic mass is 16.5. The van der Waals surface area contributed by atoms with E-state index in [0.717, 1.165) is 0 Å². The lowest BCUT2D eigenvalue weighted by Gasteiger charge is -2.13. The van der Waals surface area contributed by atoms with Gasteiger partial charge in [-0.1, -0.05) is 0 Å². The zero-order valence-electron chi connectivity index (χ0n) is 7.59. The van der Waals surface area contributed by atoms with Crippen LogP contribution in [0.25, 0.3) is 0 Å². The quantitative estimate of drug-likeness (QED) is 0.594. The van der Waals surface area contributed by atoms with E-state index in [1.807, 2.05) is 0 Å². The SMILES string of the molecule is CCOC(=O)C(C)NC(C)[C]=O. The largest absolute Gasteiger partial charge is 0.465 e. The molecule has 0 fully saturated rings. The molecule has 0 rings (SSSR count). The Morgan fingerprint density at radius 2 is 2.17 bits per heavy atom. The van der Waals surface area contributed by atoms with Gasteiger partial charge in [0.15, 0.2) is 0 Å². The summed E-state index contributed by atoms with van der Waals surface area (Å²) in [5, 5.41) is 2.72. The Morgan fingerprint density at radius 1 is 1.58 bits per heavy atom. The van der Waals surface area contributed by atoms with Crippen LogP contribution in [0, 0.1) is 0 Å². The maximum Gasteiger partial charge on any atom is 0.322 e. The molecule has 2 atom stereocenters. The molecule has 0 aromatic rings. The topological polar surface area (TPSA) is 55.4 Å². The van der Waals surface area contributed by atoms with Crippen LogP contribution in [0.3, 0.4) is 0 Å². The van der Waals surface area contributed by atoms with E-state index >= 15 is 0 Å². The van der Waals surface area contributed by atoms with Gasteiger partial charge in [0, 0.05) is 0 Å². The first-order valence-corrected chi connectivity index (χ1v) is 3.92. The van der Waals surface area contributed by atoms with Gasteiger partial charge in [-0.05, 0) is 20.8 Å². The lowest BCUT2D eigenvalue weighted by Crippen LogP contribution is -2.41. The molecule has 0 aliphatic carbocycles. The number of carbonyl (C=O) groups is 1. The summed E-state index contributed by atoms with van der Waals surface area (Å²) in [6.45, 7) is 5.36. The summed E-state index contributed by atoms with van der Waals surface area (Å²) < 4.78 is 4.72. The first-order chi connectivity index (χ1) is 5.61. The van der Waals surface area contributed by atoms with E-state index < -0.39 is 12.1 Å². The highest BCUT2D eigenvalue weighted by Gasteiger charge is 2.15. The molecular weight excluding hydrogens is 158 g/mol. The Kier molecular flexibility index (Phi) is 5.28. The number of esters is 1. The number of hydrogen-bond acceptors (Lipinski definition) is 4. The fourth-order valence-electron chi connectivity index (χ4n) is 0.744. The van der Waals surface area contributed by atoms with Gasteiger partial charge in [0.25, 0.3) is 0 Å². The minimum Gasteiger partial charge on any atom is -0.465 e. The third kappa shape index (κ3) is 4.08. The molecule has 0 aromatic carbocycles. The van der Waals surface area contributed by atoms with Crippen molar-refractivity contribution in [3.05, 3.63) is 0 Å². The highest BCUT2D eigenvalue weighted by Crippen LogP contribution is 1.89. The molecule has 0 amide bonds. The monoisotopic (exact) mass is 172 g/mol. The summed E-state index contributed by atoms with van der Waals surface area (Å²) in [6, 6.07) is -0.897. The summed E-state index contributed by atoms with van der Waals surface area (Å²) in [6.07, 6.45) is 1.72. The van der Waals surface area contributed by atoms with Crippen LogP contribution in [0.4, 0.5) is 0 Å². The third-order valence-electron chi connectivity index (χ3n) is 1.32. The van der Waals surface area contributed by atoms with Crippen molar-refractivity contribution < 1.29 is 14.3 Å². The van der Waals surface area contributed by atoms with Crippen molar-refractivity contribution in [2.75, 3.05) is 6.61 Å². The number of hydrogen-bond donors (Lipinski definition) is 1. The first kappa shape index (κ1) is 11.1. The predicted octanol–water partition coefficient (Wildman–Crippen LogP) is 0.0258. The van der Waals surface area contributed by atoms with Crippen LogP contribution < -0.4 is 5.32 Å². The summed E-state index contributed by atoms with van der Waals surface area (Å²) in [5.41, 5.74) is 0. The predicted molar refractivity (Wildman–Crippen MR) is 44.4 cm³/mol. The van der Waals surface area contributed by atoms with Crippen molar-refractivity contribution >= 4 is 12.3 Å². The molecule has 12 heavy (non-hydrogen) atoms. The van der Waals surface area contributed by atoms with E-state index in [9.17, 15) is 9.59 Å². The molecule has 0 heterocycles. The molecule has 0 saturated heterocycles. The maximum atomic E-state index is 11.0. The van der Waals surface area contributed by atoms with Crippen molar-refractivity contribution in [1.29, 1.82) is 0 Å². The second kappa shape index (κ2) is 5.71. The van der Waals surface area contributed by atoms with Gasteiger partial charge in [-0.3, -0.25) is 14.9 Å². The summed E-state index contributed by atoms with van der Waals surface area (Å²) in [7, 11) is 0. The van der Waals surface area contributed by atoms with Gasteiger partial charge in [0.2, 0.25) is 6.29 Å². The van der Waals surface area contributed by atoms with Gasteiger partial charge in [0.05, 0.1) is 12.6 Å². The van der Waals surface area contributed by atoms with Crippen LogP contribution in [0.5, 0.6) is 0 Å². The normalized spacial score (nSPS) is 14.9. The van der Waals surface area contributed by atoms with Crippen molar-refractivity contribution in [3.63, 3.8) is 0 Å². The van der Waals surface area contributed by atoms with E-state index in [4.69, 9.17) is 4.74 Å². The standard InChI is InChI=1S/C8H14NO3/c1-4-12-8(11)7(3)9-6(2)5-10/h6-7,9H,4H2,1-3H3. The number of carbonyl (C=O) groups excluding carboxylic acids is 2. The summed E-state index contributed by atoms with van der Waals surface area (Å²) in [5.74, 6) is -0.348. The second-order valence-electron chi connectivity index (χ2n) is 2.48. The lowest BCUT2D eigenvalue weighted by atomic mass is 10.3. The Bertz CT molecular complexity index is 158. The van der Waals surface area contributed by atoms with Gasteiger partial charge in [-0.25, -0.2) is 0 Å². The van der Waals surface area contributed by atoms with Crippen LogP contribution in [0.15, 0.2) is 0 Å². The van der Waals surface area contributed by atoms with Crippen molar-refractivity contribution in [1.82, 2.24) is 5.32 Å². The molecule has 0 bridgehead atoms.